The number of benzene rings is 2. The summed E-state index contributed by atoms with van der Waals surface area (Å²) in [6.45, 7) is 2.07. The third-order valence-electron chi connectivity index (χ3n) is 4.87. The number of hydrogen-bond donors (Lipinski definition) is 2. The summed E-state index contributed by atoms with van der Waals surface area (Å²) < 4.78 is 0. The van der Waals surface area contributed by atoms with E-state index in [1.165, 1.54) is 0 Å². The average molecular weight is 403 g/mol. The zero-order chi connectivity index (χ0) is 18.8. The number of H-pyrrole nitrogens is 1. The van der Waals surface area contributed by atoms with Crippen molar-refractivity contribution in [2.45, 2.75) is 18.8 Å². The number of fused-ring (bicyclic) bond motifs is 1. The summed E-state index contributed by atoms with van der Waals surface area (Å²) >= 11 is 11.9. The Morgan fingerprint density at radius 3 is 2.89 bits per heavy atom. The lowest BCUT2D eigenvalue weighted by Gasteiger charge is -2.31. The molecule has 4 rings (SSSR count). The Kier molecular flexibility index (Phi) is 5.34. The minimum atomic E-state index is -0.0568. The maximum absolute atomic E-state index is 12.4. The van der Waals surface area contributed by atoms with E-state index in [4.69, 9.17) is 28.2 Å². The van der Waals surface area contributed by atoms with Crippen LogP contribution in [-0.2, 0) is 4.79 Å². The smallest absolute Gasteiger partial charge is 0.238 e. The van der Waals surface area contributed by atoms with Crippen LogP contribution in [0, 0.1) is 0 Å². The Labute approximate surface area is 167 Å². The molecule has 0 spiro atoms. The van der Waals surface area contributed by atoms with E-state index in [9.17, 15) is 4.79 Å². The lowest BCUT2D eigenvalue weighted by molar-refractivity contribution is -0.117. The first-order valence-corrected chi connectivity index (χ1v) is 9.76. The van der Waals surface area contributed by atoms with Crippen LogP contribution < -0.4 is 5.32 Å². The van der Waals surface area contributed by atoms with Crippen LogP contribution in [0.4, 0.5) is 5.69 Å². The summed E-state index contributed by atoms with van der Waals surface area (Å²) in [6.07, 6.45) is 2.12. The Bertz CT molecular complexity index is 939. The van der Waals surface area contributed by atoms with E-state index in [-0.39, 0.29) is 5.91 Å². The third-order valence-corrected chi connectivity index (χ3v) is 5.61. The second kappa shape index (κ2) is 7.89. The molecule has 3 aromatic rings. The van der Waals surface area contributed by atoms with Crippen molar-refractivity contribution in [3.05, 3.63) is 58.3 Å². The number of carbonyl (C=O) groups is 1. The minimum Gasteiger partial charge on any atom is -0.342 e. The monoisotopic (exact) mass is 402 g/mol. The number of anilines is 1. The van der Waals surface area contributed by atoms with E-state index in [1.807, 2.05) is 24.3 Å². The number of aromatic nitrogens is 2. The highest BCUT2D eigenvalue weighted by molar-refractivity contribution is 6.42. The standard InChI is InChI=1S/C20H20Cl2N4O/c21-15-8-7-14(10-16(15)22)23-19(27)12-26-9-3-4-13(11-26)20-24-17-5-1-2-6-18(17)25-20/h1-2,5-8,10,13H,3-4,9,11-12H2,(H,23,27)(H,24,25)/t13-/m0/s1. The number of likely N-dealkylation sites (tertiary alicyclic amines) is 1. The van der Waals surface area contributed by atoms with Crippen LogP contribution in [0.5, 0.6) is 0 Å². The van der Waals surface area contributed by atoms with Crippen molar-refractivity contribution in [2.24, 2.45) is 0 Å². The lowest BCUT2D eigenvalue weighted by atomic mass is 9.97. The number of piperidine rings is 1. The summed E-state index contributed by atoms with van der Waals surface area (Å²) in [5.41, 5.74) is 2.70. The van der Waals surface area contributed by atoms with Gasteiger partial charge in [-0.05, 0) is 49.7 Å². The summed E-state index contributed by atoms with van der Waals surface area (Å²) in [5.74, 6) is 1.26. The predicted octanol–water partition coefficient (Wildman–Crippen LogP) is 4.69. The third kappa shape index (κ3) is 4.26. The van der Waals surface area contributed by atoms with Gasteiger partial charge in [-0.1, -0.05) is 35.3 Å². The van der Waals surface area contributed by atoms with Gasteiger partial charge in [-0.2, -0.15) is 0 Å². The van der Waals surface area contributed by atoms with Crippen molar-refractivity contribution >= 4 is 45.8 Å². The van der Waals surface area contributed by atoms with E-state index < -0.39 is 0 Å². The summed E-state index contributed by atoms with van der Waals surface area (Å²) in [5, 5.41) is 3.79. The molecular formula is C20H20Cl2N4O. The molecule has 1 saturated heterocycles. The number of hydrogen-bond acceptors (Lipinski definition) is 3. The molecule has 0 saturated carbocycles. The topological polar surface area (TPSA) is 61.0 Å². The quantitative estimate of drug-likeness (QED) is 0.665. The average Bonchev–Trinajstić information content (AvgIpc) is 3.09. The van der Waals surface area contributed by atoms with Crippen LogP contribution in [0.1, 0.15) is 24.6 Å². The molecule has 0 bridgehead atoms. The highest BCUT2D eigenvalue weighted by Gasteiger charge is 2.25. The molecule has 0 aliphatic carbocycles. The van der Waals surface area contributed by atoms with Crippen molar-refractivity contribution < 1.29 is 4.79 Å². The van der Waals surface area contributed by atoms with Gasteiger partial charge in [0.2, 0.25) is 5.91 Å². The van der Waals surface area contributed by atoms with Crippen LogP contribution in [0.25, 0.3) is 11.0 Å². The number of amides is 1. The molecular weight excluding hydrogens is 383 g/mol. The van der Waals surface area contributed by atoms with Gasteiger partial charge in [0, 0.05) is 18.2 Å². The van der Waals surface area contributed by atoms with E-state index >= 15 is 0 Å². The highest BCUT2D eigenvalue weighted by atomic mass is 35.5. The number of rotatable bonds is 4. The SMILES string of the molecule is O=C(CN1CCC[C@H](c2nc3ccccc3[nH]2)C1)Nc1ccc(Cl)c(Cl)c1. The fourth-order valence-electron chi connectivity index (χ4n) is 3.57. The number of para-hydroxylation sites is 2. The number of aromatic amines is 1. The molecule has 1 fully saturated rings. The molecule has 0 radical (unpaired) electrons. The van der Waals surface area contributed by atoms with Crippen molar-refractivity contribution in [1.29, 1.82) is 0 Å². The van der Waals surface area contributed by atoms with Crippen LogP contribution in [0.15, 0.2) is 42.5 Å². The van der Waals surface area contributed by atoms with Gasteiger partial charge in [0.05, 0.1) is 27.6 Å². The molecule has 1 aliphatic rings. The van der Waals surface area contributed by atoms with Crippen LogP contribution in [0.3, 0.4) is 0 Å². The number of halogens is 2. The molecule has 1 aliphatic heterocycles. The largest absolute Gasteiger partial charge is 0.342 e. The summed E-state index contributed by atoms with van der Waals surface area (Å²) in [6, 6.07) is 13.1. The van der Waals surface area contributed by atoms with Gasteiger partial charge in [-0.25, -0.2) is 4.98 Å². The van der Waals surface area contributed by atoms with E-state index in [2.05, 4.69) is 15.2 Å². The van der Waals surface area contributed by atoms with Gasteiger partial charge < -0.3 is 10.3 Å². The first-order valence-electron chi connectivity index (χ1n) is 9.00. The number of imidazole rings is 1. The van der Waals surface area contributed by atoms with E-state index in [0.29, 0.717) is 28.2 Å². The normalized spacial score (nSPS) is 17.9. The molecule has 2 heterocycles. The van der Waals surface area contributed by atoms with Gasteiger partial charge >= 0.3 is 0 Å². The van der Waals surface area contributed by atoms with Gasteiger partial charge in [0.1, 0.15) is 5.82 Å². The fraction of sp³-hybridized carbons (Fsp3) is 0.300. The first-order chi connectivity index (χ1) is 13.1. The zero-order valence-corrected chi connectivity index (χ0v) is 16.2. The van der Waals surface area contributed by atoms with Crippen molar-refractivity contribution in [3.63, 3.8) is 0 Å². The maximum Gasteiger partial charge on any atom is 0.238 e. The molecule has 2 aromatic carbocycles. The van der Waals surface area contributed by atoms with E-state index in [0.717, 1.165) is 42.8 Å². The van der Waals surface area contributed by atoms with Gasteiger partial charge in [0.25, 0.3) is 0 Å². The summed E-state index contributed by atoms with van der Waals surface area (Å²) in [7, 11) is 0. The van der Waals surface area contributed by atoms with Gasteiger partial charge in [-0.3, -0.25) is 9.69 Å². The molecule has 1 aromatic heterocycles. The molecule has 1 atom stereocenters. The molecule has 1 amide bonds. The molecule has 7 heteroatoms. The molecule has 5 nitrogen and oxygen atoms in total. The second-order valence-corrected chi connectivity index (χ2v) is 7.70. The van der Waals surface area contributed by atoms with Gasteiger partial charge in [-0.15, -0.1) is 0 Å². The fourth-order valence-corrected chi connectivity index (χ4v) is 3.86. The number of nitrogens with one attached hydrogen (secondary N) is 2. The zero-order valence-electron chi connectivity index (χ0n) is 14.7. The van der Waals surface area contributed by atoms with Crippen molar-refractivity contribution in [1.82, 2.24) is 14.9 Å². The Morgan fingerprint density at radius 1 is 1.22 bits per heavy atom. The first kappa shape index (κ1) is 18.3. The Morgan fingerprint density at radius 2 is 2.07 bits per heavy atom. The number of nitrogens with zero attached hydrogens (tertiary/aromatic N) is 2. The predicted molar refractivity (Wildman–Crippen MR) is 110 cm³/mol. The molecule has 2 N–H and O–H groups in total. The number of carbonyl (C=O) groups excluding carboxylic acids is 1. The van der Waals surface area contributed by atoms with Crippen LogP contribution in [-0.4, -0.2) is 40.4 Å². The Hall–Kier alpha value is -2.08. The highest BCUT2D eigenvalue weighted by Crippen LogP contribution is 2.27. The van der Waals surface area contributed by atoms with Crippen molar-refractivity contribution in [2.75, 3.05) is 25.0 Å². The molecule has 27 heavy (non-hydrogen) atoms. The minimum absolute atomic E-state index is 0.0568. The van der Waals surface area contributed by atoms with Gasteiger partial charge in [0.15, 0.2) is 0 Å². The Balaban J connectivity index is 1.39. The summed E-state index contributed by atoms with van der Waals surface area (Å²) in [4.78, 5) is 22.7. The maximum atomic E-state index is 12.4. The van der Waals surface area contributed by atoms with Crippen molar-refractivity contribution in [3.8, 4) is 0 Å². The second-order valence-electron chi connectivity index (χ2n) is 6.89. The molecule has 0 unspecified atom stereocenters. The molecule has 140 valence electrons. The van der Waals surface area contributed by atoms with Crippen LogP contribution >= 0.6 is 23.2 Å². The lowest BCUT2D eigenvalue weighted by Crippen LogP contribution is -2.40. The van der Waals surface area contributed by atoms with Crippen LogP contribution in [0.2, 0.25) is 10.0 Å². The van der Waals surface area contributed by atoms with E-state index in [1.54, 1.807) is 18.2 Å².